The van der Waals surface area contributed by atoms with Crippen LogP contribution >= 0.6 is 15.9 Å². The van der Waals surface area contributed by atoms with Gasteiger partial charge in [0.05, 0.1) is 6.61 Å². The van der Waals surface area contributed by atoms with Crippen molar-refractivity contribution in [2.75, 3.05) is 6.61 Å². The van der Waals surface area contributed by atoms with Crippen LogP contribution in [-0.2, 0) is 6.42 Å². The Morgan fingerprint density at radius 1 is 1.19 bits per heavy atom. The van der Waals surface area contributed by atoms with Crippen LogP contribution in [0, 0.1) is 6.92 Å². The smallest absolute Gasteiger partial charge is 0.119 e. The van der Waals surface area contributed by atoms with Crippen LogP contribution in [-0.4, -0.2) is 11.6 Å². The van der Waals surface area contributed by atoms with Gasteiger partial charge >= 0.3 is 0 Å². The maximum atomic E-state index is 5.69. The summed E-state index contributed by atoms with van der Waals surface area (Å²) in [4.78, 5) is 4.73. The fraction of sp³-hybridized carbons (Fsp3) is 0.389. The topological polar surface area (TPSA) is 22.1 Å². The Morgan fingerprint density at radius 3 is 2.62 bits per heavy atom. The molecule has 0 aliphatic carbocycles. The number of aryl methyl sites for hydroxylation is 1. The SMILES string of the molecule is CCCCOc1ccc(C(Br)Cc2ncccc2C)cc1. The molecule has 2 aromatic rings. The highest BCUT2D eigenvalue weighted by atomic mass is 79.9. The van der Waals surface area contributed by atoms with Gasteiger partial charge in [0.2, 0.25) is 0 Å². The van der Waals surface area contributed by atoms with E-state index in [0.717, 1.165) is 37.3 Å². The second kappa shape index (κ2) is 8.18. The average Bonchev–Trinajstić information content (AvgIpc) is 2.50. The predicted molar refractivity (Wildman–Crippen MR) is 91.2 cm³/mol. The molecule has 2 nitrogen and oxygen atoms in total. The van der Waals surface area contributed by atoms with Crippen molar-refractivity contribution < 1.29 is 4.74 Å². The van der Waals surface area contributed by atoms with Gasteiger partial charge in [-0.2, -0.15) is 0 Å². The molecule has 3 heteroatoms. The zero-order valence-electron chi connectivity index (χ0n) is 12.7. The monoisotopic (exact) mass is 347 g/mol. The van der Waals surface area contributed by atoms with Crippen molar-refractivity contribution in [1.82, 2.24) is 4.98 Å². The molecule has 1 aromatic carbocycles. The van der Waals surface area contributed by atoms with Gasteiger partial charge in [0.15, 0.2) is 0 Å². The van der Waals surface area contributed by atoms with E-state index in [4.69, 9.17) is 4.74 Å². The highest BCUT2D eigenvalue weighted by Gasteiger charge is 2.11. The van der Waals surface area contributed by atoms with Crippen LogP contribution in [0.25, 0.3) is 0 Å². The summed E-state index contributed by atoms with van der Waals surface area (Å²) in [5.74, 6) is 0.945. The fourth-order valence-corrected chi connectivity index (χ4v) is 2.74. The molecule has 0 spiro atoms. The lowest BCUT2D eigenvalue weighted by Gasteiger charge is -2.12. The van der Waals surface area contributed by atoms with Gasteiger partial charge in [-0.25, -0.2) is 0 Å². The molecule has 0 fully saturated rings. The van der Waals surface area contributed by atoms with E-state index in [2.05, 4.69) is 53.0 Å². The quantitative estimate of drug-likeness (QED) is 0.504. The number of halogens is 1. The van der Waals surface area contributed by atoms with Crippen LogP contribution in [0.3, 0.4) is 0 Å². The first-order valence-electron chi connectivity index (χ1n) is 7.48. The molecule has 0 aliphatic rings. The summed E-state index contributed by atoms with van der Waals surface area (Å²) in [5, 5.41) is 0. The number of nitrogens with zero attached hydrogens (tertiary/aromatic N) is 1. The molecule has 2 rings (SSSR count). The Kier molecular flexibility index (Phi) is 6.24. The van der Waals surface area contributed by atoms with Gasteiger partial charge in [-0.3, -0.25) is 4.98 Å². The third-order valence-electron chi connectivity index (χ3n) is 3.50. The summed E-state index contributed by atoms with van der Waals surface area (Å²) in [6.07, 6.45) is 5.00. The Morgan fingerprint density at radius 2 is 1.95 bits per heavy atom. The molecule has 0 radical (unpaired) electrons. The Bertz CT molecular complexity index is 553. The van der Waals surface area contributed by atoms with Crippen LogP contribution in [0.2, 0.25) is 0 Å². The zero-order chi connectivity index (χ0) is 15.1. The van der Waals surface area contributed by atoms with Crippen LogP contribution in [0.1, 0.15) is 41.4 Å². The Hall–Kier alpha value is -1.35. The Balaban J connectivity index is 1.96. The number of aromatic nitrogens is 1. The molecular formula is C18H22BrNO. The van der Waals surface area contributed by atoms with Gasteiger partial charge in [0.1, 0.15) is 5.75 Å². The van der Waals surface area contributed by atoms with Gasteiger partial charge in [-0.15, -0.1) is 0 Å². The van der Waals surface area contributed by atoms with Crippen molar-refractivity contribution in [2.24, 2.45) is 0 Å². The lowest BCUT2D eigenvalue weighted by atomic mass is 10.1. The molecule has 0 amide bonds. The molecule has 0 saturated carbocycles. The van der Waals surface area contributed by atoms with Gasteiger partial charge in [-0.1, -0.05) is 47.5 Å². The number of rotatable bonds is 7. The molecule has 1 heterocycles. The van der Waals surface area contributed by atoms with Crippen LogP contribution in [0.4, 0.5) is 0 Å². The largest absolute Gasteiger partial charge is 0.494 e. The highest BCUT2D eigenvalue weighted by Crippen LogP contribution is 2.28. The Labute approximate surface area is 135 Å². The van der Waals surface area contributed by atoms with Crippen molar-refractivity contribution in [3.63, 3.8) is 0 Å². The second-order valence-corrected chi connectivity index (χ2v) is 6.32. The van der Waals surface area contributed by atoms with E-state index in [1.54, 1.807) is 0 Å². The van der Waals surface area contributed by atoms with Crippen molar-refractivity contribution in [3.8, 4) is 5.75 Å². The third kappa shape index (κ3) is 4.85. The summed E-state index contributed by atoms with van der Waals surface area (Å²) < 4.78 is 5.69. The molecule has 0 N–H and O–H groups in total. The molecule has 0 saturated heterocycles. The van der Waals surface area contributed by atoms with E-state index in [1.165, 1.54) is 11.1 Å². The maximum absolute atomic E-state index is 5.69. The molecule has 0 bridgehead atoms. The minimum absolute atomic E-state index is 0.274. The second-order valence-electron chi connectivity index (χ2n) is 5.21. The summed E-state index contributed by atoms with van der Waals surface area (Å²) in [6.45, 7) is 5.06. The molecule has 1 aromatic heterocycles. The van der Waals surface area contributed by atoms with Crippen molar-refractivity contribution in [2.45, 2.75) is 37.9 Å². The van der Waals surface area contributed by atoms with Gasteiger partial charge in [0.25, 0.3) is 0 Å². The van der Waals surface area contributed by atoms with Gasteiger partial charge in [-0.05, 0) is 42.7 Å². The van der Waals surface area contributed by atoms with E-state index in [-0.39, 0.29) is 4.83 Å². The van der Waals surface area contributed by atoms with E-state index in [9.17, 15) is 0 Å². The molecule has 1 unspecified atom stereocenters. The van der Waals surface area contributed by atoms with Crippen molar-refractivity contribution in [3.05, 3.63) is 59.4 Å². The number of benzene rings is 1. The minimum Gasteiger partial charge on any atom is -0.494 e. The molecular weight excluding hydrogens is 326 g/mol. The van der Waals surface area contributed by atoms with E-state index in [0.29, 0.717) is 0 Å². The fourth-order valence-electron chi connectivity index (χ4n) is 2.13. The van der Waals surface area contributed by atoms with E-state index in [1.807, 2.05) is 24.4 Å². The van der Waals surface area contributed by atoms with Crippen molar-refractivity contribution in [1.29, 1.82) is 0 Å². The van der Waals surface area contributed by atoms with Crippen LogP contribution in [0.15, 0.2) is 42.6 Å². The number of ether oxygens (including phenoxy) is 1. The number of unbranched alkanes of at least 4 members (excludes halogenated alkanes) is 1. The standard InChI is InChI=1S/C18H22BrNO/c1-3-4-12-21-16-9-7-15(8-10-16)17(19)13-18-14(2)6-5-11-20-18/h5-11,17H,3-4,12-13H2,1-2H3. The first-order valence-corrected chi connectivity index (χ1v) is 8.39. The first-order chi connectivity index (χ1) is 10.2. The number of hydrogen-bond donors (Lipinski definition) is 0. The first kappa shape index (κ1) is 16.0. The van der Waals surface area contributed by atoms with Crippen molar-refractivity contribution >= 4 is 15.9 Å². The van der Waals surface area contributed by atoms with Gasteiger partial charge in [0, 0.05) is 23.1 Å². The van der Waals surface area contributed by atoms with E-state index < -0.39 is 0 Å². The average molecular weight is 348 g/mol. The molecule has 21 heavy (non-hydrogen) atoms. The zero-order valence-corrected chi connectivity index (χ0v) is 14.3. The van der Waals surface area contributed by atoms with Gasteiger partial charge < -0.3 is 4.74 Å². The summed E-state index contributed by atoms with van der Waals surface area (Å²) >= 11 is 3.76. The molecule has 112 valence electrons. The van der Waals surface area contributed by atoms with Crippen LogP contribution < -0.4 is 4.74 Å². The maximum Gasteiger partial charge on any atom is 0.119 e. The summed E-state index contributed by atoms with van der Waals surface area (Å²) in [7, 11) is 0. The van der Waals surface area contributed by atoms with Crippen LogP contribution in [0.5, 0.6) is 5.75 Å². The molecule has 0 aliphatic heterocycles. The predicted octanol–water partition coefficient (Wildman–Crippen LogP) is 5.25. The normalized spacial score (nSPS) is 12.1. The third-order valence-corrected chi connectivity index (χ3v) is 4.35. The highest BCUT2D eigenvalue weighted by molar-refractivity contribution is 9.09. The summed E-state index contributed by atoms with van der Waals surface area (Å²) in [5.41, 5.74) is 3.63. The number of alkyl halides is 1. The number of pyridine rings is 1. The number of hydrogen-bond acceptors (Lipinski definition) is 2. The summed E-state index contributed by atoms with van der Waals surface area (Å²) in [6, 6.07) is 12.4. The minimum atomic E-state index is 0.274. The molecule has 1 atom stereocenters. The lowest BCUT2D eigenvalue weighted by Crippen LogP contribution is -2.00. The lowest BCUT2D eigenvalue weighted by molar-refractivity contribution is 0.309. The van der Waals surface area contributed by atoms with E-state index >= 15 is 0 Å².